The van der Waals surface area contributed by atoms with Gasteiger partial charge in [-0.1, -0.05) is 6.07 Å². The Hall–Kier alpha value is -2.04. The number of hydrogen-bond acceptors (Lipinski definition) is 2. The average molecular weight is 226 g/mol. The Morgan fingerprint density at radius 2 is 1.88 bits per heavy atom. The summed E-state index contributed by atoms with van der Waals surface area (Å²) in [6.07, 6.45) is 0.993. The van der Waals surface area contributed by atoms with Crippen molar-refractivity contribution < 1.29 is 23.5 Å². The van der Waals surface area contributed by atoms with E-state index in [1.807, 2.05) is 0 Å². The highest BCUT2D eigenvalue weighted by Crippen LogP contribution is 2.12. The summed E-state index contributed by atoms with van der Waals surface area (Å²) in [5.74, 6) is -4.19. The van der Waals surface area contributed by atoms with Gasteiger partial charge in [-0.3, -0.25) is 4.79 Å². The molecule has 84 valence electrons. The van der Waals surface area contributed by atoms with E-state index in [0.29, 0.717) is 0 Å². The molecule has 0 saturated heterocycles. The van der Waals surface area contributed by atoms with Crippen molar-refractivity contribution in [3.63, 3.8) is 0 Å². The Kier molecular flexibility index (Phi) is 3.50. The van der Waals surface area contributed by atoms with Gasteiger partial charge in [0.05, 0.1) is 0 Å². The van der Waals surface area contributed by atoms with E-state index in [-0.39, 0.29) is 5.56 Å². The fraction of sp³-hybridized carbons (Fsp3) is 0.0909. The van der Waals surface area contributed by atoms with E-state index in [1.165, 1.54) is 6.07 Å². The summed E-state index contributed by atoms with van der Waals surface area (Å²) in [5.41, 5.74) is -0.363. The van der Waals surface area contributed by atoms with Gasteiger partial charge in [0.1, 0.15) is 5.57 Å². The molecular formula is C11H8F2O3. The summed E-state index contributed by atoms with van der Waals surface area (Å²) in [6.45, 7) is 1.08. The molecule has 0 atom stereocenters. The van der Waals surface area contributed by atoms with Crippen molar-refractivity contribution in [2.75, 3.05) is 0 Å². The first-order valence-corrected chi connectivity index (χ1v) is 4.33. The van der Waals surface area contributed by atoms with Gasteiger partial charge in [-0.2, -0.15) is 0 Å². The summed E-state index contributed by atoms with van der Waals surface area (Å²) in [5, 5.41) is 8.67. The maximum Gasteiger partial charge on any atom is 0.339 e. The fourth-order valence-corrected chi connectivity index (χ4v) is 1.08. The van der Waals surface area contributed by atoms with Crippen LogP contribution < -0.4 is 0 Å². The lowest BCUT2D eigenvalue weighted by Crippen LogP contribution is -2.08. The minimum absolute atomic E-state index is 0.117. The molecule has 0 aliphatic heterocycles. The molecule has 0 spiro atoms. The summed E-state index contributed by atoms with van der Waals surface area (Å²) < 4.78 is 25.4. The van der Waals surface area contributed by atoms with Crippen LogP contribution in [-0.2, 0) is 9.59 Å². The number of ketones is 1. The highest BCUT2D eigenvalue weighted by Gasteiger charge is 2.13. The number of carboxylic acid groups (broad SMARTS) is 1. The summed E-state index contributed by atoms with van der Waals surface area (Å²) in [6, 6.07) is 2.87. The van der Waals surface area contributed by atoms with Gasteiger partial charge < -0.3 is 5.11 Å². The molecule has 0 bridgehead atoms. The average Bonchev–Trinajstić information content (AvgIpc) is 2.18. The van der Waals surface area contributed by atoms with Crippen molar-refractivity contribution in [3.8, 4) is 0 Å². The first-order chi connectivity index (χ1) is 7.41. The van der Waals surface area contributed by atoms with Crippen LogP contribution in [0.15, 0.2) is 23.8 Å². The fourth-order valence-electron chi connectivity index (χ4n) is 1.08. The number of benzene rings is 1. The van der Waals surface area contributed by atoms with E-state index >= 15 is 0 Å². The number of aliphatic carboxylic acids is 1. The van der Waals surface area contributed by atoms with E-state index < -0.39 is 29.0 Å². The number of halogens is 2. The van der Waals surface area contributed by atoms with Gasteiger partial charge >= 0.3 is 5.97 Å². The predicted octanol–water partition coefficient (Wildman–Crippen LogP) is 2.02. The van der Waals surface area contributed by atoms with Crippen LogP contribution in [0.25, 0.3) is 6.08 Å². The summed E-state index contributed by atoms with van der Waals surface area (Å²) in [7, 11) is 0. The normalized spacial score (nSPS) is 11.3. The number of hydrogen-bond donors (Lipinski definition) is 1. The van der Waals surface area contributed by atoms with Crippen LogP contribution in [0.4, 0.5) is 8.78 Å². The van der Waals surface area contributed by atoms with Crippen molar-refractivity contribution in [1.29, 1.82) is 0 Å². The SMILES string of the molecule is CC(=O)C(=Cc1ccc(F)c(F)c1)C(=O)O. The molecule has 0 aromatic heterocycles. The van der Waals surface area contributed by atoms with E-state index in [4.69, 9.17) is 5.11 Å². The number of rotatable bonds is 3. The molecule has 0 aliphatic rings. The standard InChI is InChI=1S/C11H8F2O3/c1-6(14)8(11(15)16)4-7-2-3-9(12)10(13)5-7/h2-5H,1H3,(H,15,16). The van der Waals surface area contributed by atoms with Crippen molar-refractivity contribution in [2.24, 2.45) is 0 Å². The number of carbonyl (C=O) groups is 2. The maximum atomic E-state index is 12.8. The number of Topliss-reactive ketones (excluding diaryl/α,β-unsaturated/α-hetero) is 1. The van der Waals surface area contributed by atoms with E-state index in [0.717, 1.165) is 25.1 Å². The van der Waals surface area contributed by atoms with Crippen molar-refractivity contribution in [2.45, 2.75) is 6.92 Å². The second-order valence-electron chi connectivity index (χ2n) is 3.09. The molecule has 0 heterocycles. The molecule has 1 rings (SSSR count). The van der Waals surface area contributed by atoms with Gasteiger partial charge in [0.25, 0.3) is 0 Å². The van der Waals surface area contributed by atoms with Crippen molar-refractivity contribution in [3.05, 3.63) is 41.0 Å². The zero-order chi connectivity index (χ0) is 12.3. The van der Waals surface area contributed by atoms with Crippen LogP contribution in [0.5, 0.6) is 0 Å². The molecule has 0 aliphatic carbocycles. The van der Waals surface area contributed by atoms with Crippen LogP contribution >= 0.6 is 0 Å². The van der Waals surface area contributed by atoms with Gasteiger partial charge in [0.2, 0.25) is 0 Å². The van der Waals surface area contributed by atoms with Crippen LogP contribution in [0, 0.1) is 11.6 Å². The molecule has 0 saturated carbocycles. The highest BCUT2D eigenvalue weighted by molar-refractivity contribution is 6.19. The van der Waals surface area contributed by atoms with Gasteiger partial charge in [0, 0.05) is 0 Å². The molecule has 5 heteroatoms. The van der Waals surface area contributed by atoms with Crippen LogP contribution in [-0.4, -0.2) is 16.9 Å². The lowest BCUT2D eigenvalue weighted by molar-refractivity contribution is -0.134. The number of carboxylic acids is 1. The number of carbonyl (C=O) groups excluding carboxylic acids is 1. The van der Waals surface area contributed by atoms with E-state index in [2.05, 4.69) is 0 Å². The molecule has 0 amide bonds. The quantitative estimate of drug-likeness (QED) is 0.487. The Balaban J connectivity index is 3.18. The molecule has 0 fully saturated rings. The molecule has 1 N–H and O–H groups in total. The van der Waals surface area contributed by atoms with Crippen LogP contribution in [0.1, 0.15) is 12.5 Å². The summed E-state index contributed by atoms with van der Waals surface area (Å²) in [4.78, 5) is 21.6. The Morgan fingerprint density at radius 3 is 2.31 bits per heavy atom. The lowest BCUT2D eigenvalue weighted by atomic mass is 10.1. The highest BCUT2D eigenvalue weighted by atomic mass is 19.2. The van der Waals surface area contributed by atoms with Gasteiger partial charge in [-0.25, -0.2) is 13.6 Å². The van der Waals surface area contributed by atoms with Crippen LogP contribution in [0.3, 0.4) is 0 Å². The third kappa shape index (κ3) is 2.73. The molecule has 16 heavy (non-hydrogen) atoms. The zero-order valence-corrected chi connectivity index (χ0v) is 8.33. The zero-order valence-electron chi connectivity index (χ0n) is 8.33. The molecule has 0 unspecified atom stereocenters. The van der Waals surface area contributed by atoms with Crippen LogP contribution in [0.2, 0.25) is 0 Å². The second-order valence-corrected chi connectivity index (χ2v) is 3.09. The molecule has 3 nitrogen and oxygen atoms in total. The Bertz CT molecular complexity index is 462. The van der Waals surface area contributed by atoms with Gasteiger partial charge in [-0.05, 0) is 30.7 Å². The maximum absolute atomic E-state index is 12.8. The first kappa shape index (κ1) is 12.0. The second kappa shape index (κ2) is 4.65. The third-order valence-electron chi connectivity index (χ3n) is 1.86. The molecule has 1 aromatic carbocycles. The monoisotopic (exact) mass is 226 g/mol. The van der Waals surface area contributed by atoms with Gasteiger partial charge in [-0.15, -0.1) is 0 Å². The smallest absolute Gasteiger partial charge is 0.339 e. The Morgan fingerprint density at radius 1 is 1.25 bits per heavy atom. The predicted molar refractivity (Wildman–Crippen MR) is 52.7 cm³/mol. The minimum atomic E-state index is -1.41. The lowest BCUT2D eigenvalue weighted by Gasteiger charge is -1.99. The topological polar surface area (TPSA) is 54.4 Å². The van der Waals surface area contributed by atoms with E-state index in [9.17, 15) is 18.4 Å². The largest absolute Gasteiger partial charge is 0.478 e. The Labute approximate surface area is 90.0 Å². The summed E-state index contributed by atoms with van der Waals surface area (Å²) >= 11 is 0. The molecule has 1 aromatic rings. The minimum Gasteiger partial charge on any atom is -0.478 e. The van der Waals surface area contributed by atoms with Gasteiger partial charge in [0.15, 0.2) is 17.4 Å². The molecular weight excluding hydrogens is 218 g/mol. The van der Waals surface area contributed by atoms with E-state index in [1.54, 1.807) is 0 Å². The first-order valence-electron chi connectivity index (χ1n) is 4.33. The third-order valence-corrected chi connectivity index (χ3v) is 1.86. The van der Waals surface area contributed by atoms with Crippen molar-refractivity contribution in [1.82, 2.24) is 0 Å². The molecule has 0 radical (unpaired) electrons. The van der Waals surface area contributed by atoms with Crippen molar-refractivity contribution >= 4 is 17.8 Å².